The molecular weight excluding hydrogens is 315 g/mol. The summed E-state index contributed by atoms with van der Waals surface area (Å²) in [4.78, 5) is 2.31. The zero-order valence-electron chi connectivity index (χ0n) is 15.7. The van der Waals surface area contributed by atoms with Crippen molar-refractivity contribution in [2.45, 2.75) is 52.8 Å². The average molecular weight is 346 g/mol. The van der Waals surface area contributed by atoms with Crippen LogP contribution in [0.15, 0.2) is 42.6 Å². The number of halogens is 1. The Balaban J connectivity index is 2.08. The Morgan fingerprint density at radius 2 is 1.92 bits per heavy atom. The van der Waals surface area contributed by atoms with Gasteiger partial charge in [0.1, 0.15) is 5.82 Å². The van der Waals surface area contributed by atoms with Gasteiger partial charge in [-0.15, -0.1) is 0 Å². The molecule has 25 heavy (non-hydrogen) atoms. The number of hydrogen-bond acceptors (Lipinski definition) is 2. The van der Waals surface area contributed by atoms with Crippen molar-refractivity contribution in [3.63, 3.8) is 0 Å². The van der Waals surface area contributed by atoms with Gasteiger partial charge in [-0.3, -0.25) is 4.90 Å². The maximum absolute atomic E-state index is 13.9. The van der Waals surface area contributed by atoms with Gasteiger partial charge in [0.15, 0.2) is 0 Å². The fraction of sp³-hybridized carbons (Fsp3) is 0.524. The first-order valence-corrected chi connectivity index (χ1v) is 9.27. The average Bonchev–Trinajstić information content (AvgIpc) is 3.01. The van der Waals surface area contributed by atoms with E-state index in [1.165, 1.54) is 6.07 Å². The first-order chi connectivity index (χ1) is 12.0. The molecule has 0 amide bonds. The quantitative estimate of drug-likeness (QED) is 0.695. The molecule has 0 spiro atoms. The fourth-order valence-electron chi connectivity index (χ4n) is 2.89. The molecule has 1 unspecified atom stereocenters. The molecule has 0 fully saturated rings. The maximum Gasteiger partial charge on any atom is 0.128 e. The molecular formula is C21H31FN2O. The van der Waals surface area contributed by atoms with Crippen molar-refractivity contribution in [2.75, 3.05) is 13.1 Å². The van der Waals surface area contributed by atoms with Crippen LogP contribution in [0, 0.1) is 11.7 Å². The van der Waals surface area contributed by atoms with Crippen molar-refractivity contribution >= 4 is 0 Å². The first-order valence-electron chi connectivity index (χ1n) is 9.27. The van der Waals surface area contributed by atoms with E-state index in [0.717, 1.165) is 31.6 Å². The topological polar surface area (TPSA) is 28.4 Å². The van der Waals surface area contributed by atoms with Gasteiger partial charge in [-0.1, -0.05) is 39.0 Å². The number of aliphatic hydroxyl groups excluding tert-OH is 1. The molecule has 0 aliphatic heterocycles. The highest BCUT2D eigenvalue weighted by molar-refractivity contribution is 5.19. The molecule has 0 aliphatic rings. The van der Waals surface area contributed by atoms with Crippen molar-refractivity contribution in [1.29, 1.82) is 0 Å². The molecule has 0 saturated heterocycles. The van der Waals surface area contributed by atoms with Crippen LogP contribution < -0.4 is 0 Å². The van der Waals surface area contributed by atoms with Gasteiger partial charge in [-0.05, 0) is 43.5 Å². The van der Waals surface area contributed by atoms with Crippen LogP contribution in [0.5, 0.6) is 0 Å². The number of hydrogen-bond donors (Lipinski definition) is 1. The molecule has 1 heterocycles. The molecule has 0 bridgehead atoms. The van der Waals surface area contributed by atoms with Gasteiger partial charge in [-0.25, -0.2) is 4.39 Å². The third-order valence-electron chi connectivity index (χ3n) is 4.57. The molecule has 1 aromatic carbocycles. The Kier molecular flexibility index (Phi) is 7.66. The van der Waals surface area contributed by atoms with Crippen LogP contribution in [0.3, 0.4) is 0 Å². The van der Waals surface area contributed by atoms with Crippen molar-refractivity contribution in [3.05, 3.63) is 59.7 Å². The Hall–Kier alpha value is -1.65. The zero-order chi connectivity index (χ0) is 18.2. The molecule has 1 atom stereocenters. The Morgan fingerprint density at radius 1 is 1.16 bits per heavy atom. The van der Waals surface area contributed by atoms with Crippen LogP contribution in [-0.4, -0.2) is 33.8 Å². The Morgan fingerprint density at radius 3 is 2.60 bits per heavy atom. The predicted molar refractivity (Wildman–Crippen MR) is 101 cm³/mol. The van der Waals surface area contributed by atoms with Crippen LogP contribution in [0.4, 0.5) is 4.39 Å². The van der Waals surface area contributed by atoms with Gasteiger partial charge in [0.2, 0.25) is 0 Å². The summed E-state index contributed by atoms with van der Waals surface area (Å²) in [5.41, 5.74) is 1.84. The van der Waals surface area contributed by atoms with Gasteiger partial charge < -0.3 is 9.67 Å². The van der Waals surface area contributed by atoms with E-state index in [-0.39, 0.29) is 11.9 Å². The molecule has 1 aromatic heterocycles. The van der Waals surface area contributed by atoms with E-state index < -0.39 is 0 Å². The van der Waals surface area contributed by atoms with E-state index in [9.17, 15) is 9.50 Å². The largest absolute Gasteiger partial charge is 0.392 e. The standard InChI is InChI=1S/C21H31FN2O/c1-4-20(25)16-23(13-11-17(2)3)15-19-9-7-12-24(19)14-18-8-5-6-10-21(18)22/h5-10,12,17,20,25H,4,11,13-16H2,1-3H3. The summed E-state index contributed by atoms with van der Waals surface area (Å²) in [5.74, 6) is 0.465. The van der Waals surface area contributed by atoms with E-state index in [0.29, 0.717) is 24.6 Å². The summed E-state index contributed by atoms with van der Waals surface area (Å²) < 4.78 is 16.0. The van der Waals surface area contributed by atoms with Crippen LogP contribution >= 0.6 is 0 Å². The molecule has 3 nitrogen and oxygen atoms in total. The van der Waals surface area contributed by atoms with E-state index in [2.05, 4.69) is 29.4 Å². The molecule has 1 N–H and O–H groups in total. The molecule has 138 valence electrons. The smallest absolute Gasteiger partial charge is 0.128 e. The zero-order valence-corrected chi connectivity index (χ0v) is 15.7. The normalized spacial score (nSPS) is 12.9. The molecule has 0 aliphatic carbocycles. The fourth-order valence-corrected chi connectivity index (χ4v) is 2.89. The van der Waals surface area contributed by atoms with Gasteiger partial charge >= 0.3 is 0 Å². The van der Waals surface area contributed by atoms with Gasteiger partial charge in [0.25, 0.3) is 0 Å². The highest BCUT2D eigenvalue weighted by Gasteiger charge is 2.14. The molecule has 2 aromatic rings. The first kappa shape index (κ1) is 19.7. The van der Waals surface area contributed by atoms with Gasteiger partial charge in [-0.2, -0.15) is 0 Å². The van der Waals surface area contributed by atoms with Crippen LogP contribution in [-0.2, 0) is 13.1 Å². The predicted octanol–water partition coefficient (Wildman–Crippen LogP) is 4.29. The SMILES string of the molecule is CCC(O)CN(CCC(C)C)Cc1cccn1Cc1ccccc1F. The highest BCUT2D eigenvalue weighted by Crippen LogP contribution is 2.14. The van der Waals surface area contributed by atoms with Crippen LogP contribution in [0.1, 0.15) is 44.9 Å². The lowest BCUT2D eigenvalue weighted by atomic mass is 10.1. The molecule has 4 heteroatoms. The Labute approximate surface area is 151 Å². The lowest BCUT2D eigenvalue weighted by molar-refractivity contribution is 0.101. The van der Waals surface area contributed by atoms with E-state index >= 15 is 0 Å². The second kappa shape index (κ2) is 9.73. The number of aliphatic hydroxyl groups is 1. The van der Waals surface area contributed by atoms with Crippen molar-refractivity contribution < 1.29 is 9.50 Å². The number of benzene rings is 1. The minimum Gasteiger partial charge on any atom is -0.392 e. The summed E-state index contributed by atoms with van der Waals surface area (Å²) in [6.45, 7) is 9.37. The Bertz CT molecular complexity index is 638. The molecule has 0 saturated carbocycles. The summed E-state index contributed by atoms with van der Waals surface area (Å²) in [6.07, 6.45) is 3.56. The summed E-state index contributed by atoms with van der Waals surface area (Å²) in [7, 11) is 0. The number of nitrogens with zero attached hydrogens (tertiary/aromatic N) is 2. The van der Waals surface area contributed by atoms with E-state index in [1.807, 2.05) is 31.3 Å². The summed E-state index contributed by atoms with van der Waals surface area (Å²) in [6, 6.07) is 11.0. The number of rotatable bonds is 10. The minimum atomic E-state index is -0.304. The van der Waals surface area contributed by atoms with Crippen molar-refractivity contribution in [2.24, 2.45) is 5.92 Å². The second-order valence-corrected chi connectivity index (χ2v) is 7.20. The van der Waals surface area contributed by atoms with Crippen LogP contribution in [0.25, 0.3) is 0 Å². The highest BCUT2D eigenvalue weighted by atomic mass is 19.1. The lowest BCUT2D eigenvalue weighted by Crippen LogP contribution is -2.33. The third kappa shape index (κ3) is 6.29. The maximum atomic E-state index is 13.9. The second-order valence-electron chi connectivity index (χ2n) is 7.20. The van der Waals surface area contributed by atoms with Gasteiger partial charge in [0.05, 0.1) is 12.6 Å². The monoisotopic (exact) mass is 346 g/mol. The number of aromatic nitrogens is 1. The van der Waals surface area contributed by atoms with Crippen LogP contribution in [0.2, 0.25) is 0 Å². The minimum absolute atomic E-state index is 0.166. The van der Waals surface area contributed by atoms with Crippen molar-refractivity contribution in [3.8, 4) is 0 Å². The lowest BCUT2D eigenvalue weighted by Gasteiger charge is -2.26. The molecule has 0 radical (unpaired) electrons. The van der Waals surface area contributed by atoms with Crippen molar-refractivity contribution in [1.82, 2.24) is 9.47 Å². The van der Waals surface area contributed by atoms with E-state index in [4.69, 9.17) is 0 Å². The molecule has 2 rings (SSSR count). The summed E-state index contributed by atoms with van der Waals surface area (Å²) >= 11 is 0. The van der Waals surface area contributed by atoms with Gasteiger partial charge in [0, 0.05) is 30.5 Å². The van der Waals surface area contributed by atoms with E-state index in [1.54, 1.807) is 6.07 Å². The third-order valence-corrected chi connectivity index (χ3v) is 4.57. The summed E-state index contributed by atoms with van der Waals surface area (Å²) in [5, 5.41) is 10.1.